The van der Waals surface area contributed by atoms with E-state index >= 15 is 0 Å². The van der Waals surface area contributed by atoms with Crippen LogP contribution in [0.1, 0.15) is 39.5 Å². The van der Waals surface area contributed by atoms with Crippen molar-refractivity contribution in [2.45, 2.75) is 90.9 Å². The van der Waals surface area contributed by atoms with Crippen LogP contribution in [0.3, 0.4) is 0 Å². The molecule has 0 bridgehead atoms. The van der Waals surface area contributed by atoms with Gasteiger partial charge in [-0.05, 0) is 77.1 Å². The Kier molecular flexibility index (Phi) is 13.1. The molecule has 0 unspecified atom stereocenters. The van der Waals surface area contributed by atoms with Crippen molar-refractivity contribution in [3.05, 3.63) is 0 Å². The Hall–Kier alpha value is 0.491. The molecular weight excluding hydrogens is 364 g/mol. The summed E-state index contributed by atoms with van der Waals surface area (Å²) >= 11 is 0. The molecule has 4 nitrogen and oxygen atoms in total. The average Bonchev–Trinajstić information content (AvgIpc) is 2.44. The molecule has 0 N–H and O–H groups in total. The molecule has 152 valence electrons. The van der Waals surface area contributed by atoms with Gasteiger partial charge in [-0.15, -0.1) is 0 Å². The van der Waals surface area contributed by atoms with Crippen LogP contribution in [0, 0.1) is 0 Å². The quantitative estimate of drug-likeness (QED) is 0.240. The Morgan fingerprint density at radius 1 is 0.560 bits per heavy atom. The van der Waals surface area contributed by atoms with Crippen LogP contribution < -0.4 is 0 Å². The molecule has 0 rings (SSSR count). The zero-order valence-electron chi connectivity index (χ0n) is 18.2. The van der Waals surface area contributed by atoms with Gasteiger partial charge >= 0.3 is 8.56 Å². The highest BCUT2D eigenvalue weighted by Crippen LogP contribution is 2.26. The summed E-state index contributed by atoms with van der Waals surface area (Å²) in [5, 5.41) is 0. The lowest BCUT2D eigenvalue weighted by Crippen LogP contribution is -2.52. The van der Waals surface area contributed by atoms with Crippen molar-refractivity contribution in [3.8, 4) is 0 Å². The van der Waals surface area contributed by atoms with Crippen LogP contribution in [0.2, 0.25) is 51.4 Å². The highest BCUT2D eigenvalue weighted by Gasteiger charge is 2.39. The van der Waals surface area contributed by atoms with Gasteiger partial charge in [0.1, 0.15) is 0 Å². The Bertz CT molecular complexity index is 306. The summed E-state index contributed by atoms with van der Waals surface area (Å²) in [4.78, 5) is 0. The molecule has 0 aromatic heterocycles. The summed E-state index contributed by atoms with van der Waals surface area (Å²) < 4.78 is 24.4. The average molecular weight is 409 g/mol. The maximum atomic E-state index is 6.62. The third-order valence-electron chi connectivity index (χ3n) is 3.88. The van der Waals surface area contributed by atoms with E-state index in [4.69, 9.17) is 17.7 Å². The summed E-state index contributed by atoms with van der Waals surface area (Å²) in [6.45, 7) is 21.5. The number of hydrogen-bond acceptors (Lipinski definition) is 4. The third kappa shape index (κ3) is 15.3. The van der Waals surface area contributed by atoms with Crippen LogP contribution in [0.15, 0.2) is 0 Å². The van der Waals surface area contributed by atoms with Gasteiger partial charge in [-0.1, -0.05) is 13.8 Å². The van der Waals surface area contributed by atoms with Gasteiger partial charge in [0.05, 0.1) is 0 Å². The largest absolute Gasteiger partial charge is 0.437 e. The first-order chi connectivity index (χ1) is 11.5. The van der Waals surface area contributed by atoms with Gasteiger partial charge in [0.2, 0.25) is 0 Å². The fourth-order valence-electron chi connectivity index (χ4n) is 3.15. The van der Waals surface area contributed by atoms with Crippen molar-refractivity contribution in [3.63, 3.8) is 0 Å². The second-order valence-electron chi connectivity index (χ2n) is 8.56. The summed E-state index contributed by atoms with van der Waals surface area (Å²) in [5.74, 6) is 0. The van der Waals surface area contributed by atoms with Gasteiger partial charge in [-0.2, -0.15) is 0 Å². The summed E-state index contributed by atoms with van der Waals surface area (Å²) in [5.41, 5.74) is 0. The Morgan fingerprint density at radius 3 is 1.24 bits per heavy atom. The standard InChI is InChI=1S/C18H44O4Si3/c1-9-13-19-15-11-17-23(3,4)21-25(7,8)22-24(5,6)18-12-16-20-14-10-2/h9-18H2,1-8H3. The van der Waals surface area contributed by atoms with Gasteiger partial charge in [0, 0.05) is 26.4 Å². The maximum Gasteiger partial charge on any atom is 0.311 e. The molecule has 0 spiro atoms. The minimum atomic E-state index is -2.08. The molecule has 0 saturated carbocycles. The van der Waals surface area contributed by atoms with Gasteiger partial charge < -0.3 is 17.7 Å². The van der Waals surface area contributed by atoms with E-state index in [0.717, 1.165) is 64.2 Å². The van der Waals surface area contributed by atoms with Crippen molar-refractivity contribution in [1.82, 2.24) is 0 Å². The highest BCUT2D eigenvalue weighted by atomic mass is 28.5. The van der Waals surface area contributed by atoms with E-state index in [-0.39, 0.29) is 0 Å². The molecule has 0 saturated heterocycles. The summed E-state index contributed by atoms with van der Waals surface area (Å²) in [6, 6.07) is 2.28. The first-order valence-electron chi connectivity index (χ1n) is 10.1. The van der Waals surface area contributed by atoms with E-state index in [9.17, 15) is 0 Å². The first-order valence-corrected chi connectivity index (χ1v) is 19.1. The van der Waals surface area contributed by atoms with Gasteiger partial charge in [0.15, 0.2) is 16.6 Å². The van der Waals surface area contributed by atoms with Crippen molar-refractivity contribution in [2.24, 2.45) is 0 Å². The molecule has 0 radical (unpaired) electrons. The van der Waals surface area contributed by atoms with Crippen LogP contribution in [-0.2, 0) is 17.7 Å². The van der Waals surface area contributed by atoms with Gasteiger partial charge in [0.25, 0.3) is 0 Å². The van der Waals surface area contributed by atoms with Crippen LogP contribution in [0.5, 0.6) is 0 Å². The second-order valence-corrected chi connectivity index (χ2v) is 21.0. The molecule has 0 heterocycles. The van der Waals surface area contributed by atoms with E-state index < -0.39 is 25.2 Å². The Morgan fingerprint density at radius 2 is 0.920 bits per heavy atom. The van der Waals surface area contributed by atoms with Gasteiger partial charge in [-0.3, -0.25) is 0 Å². The van der Waals surface area contributed by atoms with Crippen LogP contribution in [0.25, 0.3) is 0 Å². The fraction of sp³-hybridized carbons (Fsp3) is 1.00. The molecule has 0 amide bonds. The summed E-state index contributed by atoms with van der Waals surface area (Å²) in [6.07, 6.45) is 4.38. The molecular formula is C18H44O4Si3. The predicted octanol–water partition coefficient (Wildman–Crippen LogP) is 5.77. The zero-order valence-corrected chi connectivity index (χ0v) is 21.2. The van der Waals surface area contributed by atoms with E-state index in [0.29, 0.717) is 0 Å². The molecule has 0 aliphatic rings. The van der Waals surface area contributed by atoms with E-state index in [1.54, 1.807) is 0 Å². The number of hydrogen-bond donors (Lipinski definition) is 0. The van der Waals surface area contributed by atoms with E-state index in [1.165, 1.54) is 0 Å². The third-order valence-corrected chi connectivity index (χ3v) is 15.3. The lowest BCUT2D eigenvalue weighted by Gasteiger charge is -2.38. The Labute approximate surface area is 160 Å². The molecule has 0 fully saturated rings. The minimum absolute atomic E-state index is 0.856. The topological polar surface area (TPSA) is 36.9 Å². The molecule has 7 heteroatoms. The van der Waals surface area contributed by atoms with Crippen LogP contribution >= 0.6 is 0 Å². The smallest absolute Gasteiger partial charge is 0.311 e. The fourth-order valence-corrected chi connectivity index (χ4v) is 17.1. The van der Waals surface area contributed by atoms with Crippen molar-refractivity contribution >= 4 is 25.2 Å². The number of rotatable bonds is 16. The van der Waals surface area contributed by atoms with Crippen LogP contribution in [0.4, 0.5) is 0 Å². The lowest BCUT2D eigenvalue weighted by molar-refractivity contribution is 0.134. The van der Waals surface area contributed by atoms with Crippen molar-refractivity contribution in [2.75, 3.05) is 26.4 Å². The normalized spacial score (nSPS) is 13.4. The van der Waals surface area contributed by atoms with Gasteiger partial charge in [-0.25, -0.2) is 0 Å². The van der Waals surface area contributed by atoms with Crippen LogP contribution in [-0.4, -0.2) is 51.6 Å². The van der Waals surface area contributed by atoms with E-state index in [2.05, 4.69) is 53.1 Å². The molecule has 0 aromatic rings. The molecule has 0 aromatic carbocycles. The molecule has 0 atom stereocenters. The van der Waals surface area contributed by atoms with Crippen molar-refractivity contribution < 1.29 is 17.7 Å². The number of ether oxygens (including phenoxy) is 2. The second kappa shape index (κ2) is 12.8. The molecule has 0 aliphatic heterocycles. The minimum Gasteiger partial charge on any atom is -0.437 e. The van der Waals surface area contributed by atoms with E-state index in [1.807, 2.05) is 0 Å². The van der Waals surface area contributed by atoms with Crippen molar-refractivity contribution in [1.29, 1.82) is 0 Å². The SMILES string of the molecule is CCCOCCC[Si](C)(C)O[Si](C)(C)O[Si](C)(C)CCCOCCC. The predicted molar refractivity (Wildman–Crippen MR) is 116 cm³/mol. The molecule has 0 aliphatic carbocycles. The molecule has 25 heavy (non-hydrogen) atoms. The first kappa shape index (κ1) is 25.5. The maximum absolute atomic E-state index is 6.62. The monoisotopic (exact) mass is 408 g/mol. The Balaban J connectivity index is 4.24. The highest BCUT2D eigenvalue weighted by molar-refractivity contribution is 6.87. The lowest BCUT2D eigenvalue weighted by atomic mass is 10.5. The zero-order chi connectivity index (χ0) is 19.4. The summed E-state index contributed by atoms with van der Waals surface area (Å²) in [7, 11) is -5.47.